The molecule has 1 amide bonds. The predicted molar refractivity (Wildman–Crippen MR) is 83.3 cm³/mol. The van der Waals surface area contributed by atoms with Gasteiger partial charge < -0.3 is 4.90 Å². The Bertz CT molecular complexity index is 774. The molecule has 1 N–H and O–H groups in total. The minimum atomic E-state index is 0.107. The lowest BCUT2D eigenvalue weighted by molar-refractivity contribution is 0.0732. The molecule has 0 unspecified atom stereocenters. The fraction of sp³-hybridized carbons (Fsp3) is 0.250. The third kappa shape index (κ3) is 2.34. The van der Waals surface area contributed by atoms with Gasteiger partial charge in [0.2, 0.25) is 0 Å². The molecular formula is C16H15N3OS. The summed E-state index contributed by atoms with van der Waals surface area (Å²) < 4.78 is 0. The lowest BCUT2D eigenvalue weighted by Gasteiger charge is -2.22. The van der Waals surface area contributed by atoms with Gasteiger partial charge in [-0.1, -0.05) is 6.07 Å². The Morgan fingerprint density at radius 1 is 1.38 bits per heavy atom. The fourth-order valence-electron chi connectivity index (χ4n) is 2.64. The molecule has 0 bridgehead atoms. The Labute approximate surface area is 126 Å². The molecule has 1 aliphatic rings. The molecule has 4 nitrogen and oxygen atoms in total. The normalized spacial score (nSPS) is 14.5. The van der Waals surface area contributed by atoms with Crippen LogP contribution in [0.15, 0.2) is 41.2 Å². The van der Waals surface area contributed by atoms with Gasteiger partial charge in [0.25, 0.3) is 5.91 Å². The Morgan fingerprint density at radius 3 is 3.05 bits per heavy atom. The standard InChI is InChI=1S/C16H15N3OS/c20-16(13-2-1-3-15-14(13)8-17-18-15)19(12-4-5-12)9-11-6-7-21-10-11/h1-3,6-8,10,12H,4-5,9H2,(H,17,18). The van der Waals surface area contributed by atoms with E-state index in [2.05, 4.69) is 27.0 Å². The van der Waals surface area contributed by atoms with E-state index in [0.717, 1.165) is 29.3 Å². The van der Waals surface area contributed by atoms with Crippen LogP contribution in [0.1, 0.15) is 28.8 Å². The monoisotopic (exact) mass is 297 g/mol. The number of benzene rings is 1. The largest absolute Gasteiger partial charge is 0.331 e. The summed E-state index contributed by atoms with van der Waals surface area (Å²) in [5, 5.41) is 12.0. The van der Waals surface area contributed by atoms with Crippen LogP contribution in [-0.2, 0) is 6.54 Å². The molecule has 21 heavy (non-hydrogen) atoms. The second-order valence-electron chi connectivity index (χ2n) is 5.43. The van der Waals surface area contributed by atoms with Crippen LogP contribution in [-0.4, -0.2) is 27.0 Å². The van der Waals surface area contributed by atoms with Crippen molar-refractivity contribution in [3.63, 3.8) is 0 Å². The first kappa shape index (κ1) is 12.6. The highest BCUT2D eigenvalue weighted by molar-refractivity contribution is 7.07. The summed E-state index contributed by atoms with van der Waals surface area (Å²) in [5.41, 5.74) is 2.86. The van der Waals surface area contributed by atoms with Crippen LogP contribution in [0, 0.1) is 0 Å². The number of fused-ring (bicyclic) bond motifs is 1. The van der Waals surface area contributed by atoms with Crippen LogP contribution < -0.4 is 0 Å². The molecule has 5 heteroatoms. The second-order valence-corrected chi connectivity index (χ2v) is 6.21. The van der Waals surface area contributed by atoms with Crippen molar-refractivity contribution in [2.75, 3.05) is 0 Å². The van der Waals surface area contributed by atoms with Crippen LogP contribution in [0.4, 0.5) is 0 Å². The summed E-state index contributed by atoms with van der Waals surface area (Å²) in [4.78, 5) is 15.0. The molecule has 2 aromatic heterocycles. The van der Waals surface area contributed by atoms with Crippen molar-refractivity contribution in [3.05, 3.63) is 52.3 Å². The van der Waals surface area contributed by atoms with E-state index in [0.29, 0.717) is 12.6 Å². The van der Waals surface area contributed by atoms with Gasteiger partial charge in [0.1, 0.15) is 0 Å². The lowest BCUT2D eigenvalue weighted by atomic mass is 10.1. The molecule has 0 radical (unpaired) electrons. The molecule has 1 saturated carbocycles. The molecule has 1 aromatic carbocycles. The predicted octanol–water partition coefficient (Wildman–Crippen LogP) is 3.43. The van der Waals surface area contributed by atoms with Crippen LogP contribution in [0.2, 0.25) is 0 Å². The summed E-state index contributed by atoms with van der Waals surface area (Å²) in [7, 11) is 0. The van der Waals surface area contributed by atoms with Crippen LogP contribution in [0.25, 0.3) is 10.9 Å². The highest BCUT2D eigenvalue weighted by atomic mass is 32.1. The average Bonchev–Trinajstić information content (AvgIpc) is 3.02. The number of hydrogen-bond acceptors (Lipinski definition) is 3. The SMILES string of the molecule is O=C(c1cccc2[nH]ncc12)N(Cc1ccsc1)C1CC1. The molecule has 4 rings (SSSR count). The Balaban J connectivity index is 1.69. The number of amides is 1. The number of nitrogens with one attached hydrogen (secondary N) is 1. The van der Waals surface area contributed by atoms with Gasteiger partial charge in [-0.25, -0.2) is 0 Å². The third-order valence-corrected chi connectivity index (χ3v) is 4.63. The van der Waals surface area contributed by atoms with Crippen molar-refractivity contribution in [2.45, 2.75) is 25.4 Å². The summed E-state index contributed by atoms with van der Waals surface area (Å²) in [6.45, 7) is 0.696. The number of carbonyl (C=O) groups is 1. The quantitative estimate of drug-likeness (QED) is 0.802. The van der Waals surface area contributed by atoms with E-state index in [1.54, 1.807) is 17.5 Å². The first-order valence-corrected chi connectivity index (χ1v) is 8.01. The van der Waals surface area contributed by atoms with Gasteiger partial charge in [0, 0.05) is 18.0 Å². The van der Waals surface area contributed by atoms with Crippen molar-refractivity contribution in [3.8, 4) is 0 Å². The number of rotatable bonds is 4. The van der Waals surface area contributed by atoms with E-state index in [4.69, 9.17) is 0 Å². The summed E-state index contributed by atoms with van der Waals surface area (Å²) in [6, 6.07) is 8.22. The second kappa shape index (κ2) is 5.00. The van der Waals surface area contributed by atoms with E-state index in [-0.39, 0.29) is 5.91 Å². The van der Waals surface area contributed by atoms with Crippen molar-refractivity contribution >= 4 is 28.1 Å². The maximum absolute atomic E-state index is 13.0. The summed E-state index contributed by atoms with van der Waals surface area (Å²) in [6.07, 6.45) is 3.95. The van der Waals surface area contributed by atoms with Gasteiger partial charge in [-0.2, -0.15) is 16.4 Å². The van der Waals surface area contributed by atoms with E-state index < -0.39 is 0 Å². The summed E-state index contributed by atoms with van der Waals surface area (Å²) in [5.74, 6) is 0.107. The Morgan fingerprint density at radius 2 is 2.29 bits per heavy atom. The molecule has 1 fully saturated rings. The van der Waals surface area contributed by atoms with E-state index in [9.17, 15) is 4.79 Å². The first-order valence-electron chi connectivity index (χ1n) is 7.07. The zero-order chi connectivity index (χ0) is 14.2. The molecule has 0 saturated heterocycles. The van der Waals surface area contributed by atoms with Gasteiger partial charge in [-0.15, -0.1) is 0 Å². The minimum Gasteiger partial charge on any atom is -0.331 e. The van der Waals surface area contributed by atoms with Crippen molar-refractivity contribution in [1.29, 1.82) is 0 Å². The topological polar surface area (TPSA) is 49.0 Å². The minimum absolute atomic E-state index is 0.107. The smallest absolute Gasteiger partial charge is 0.255 e. The van der Waals surface area contributed by atoms with Crippen molar-refractivity contribution < 1.29 is 4.79 Å². The van der Waals surface area contributed by atoms with Crippen LogP contribution in [0.5, 0.6) is 0 Å². The van der Waals surface area contributed by atoms with Gasteiger partial charge in [-0.3, -0.25) is 9.89 Å². The zero-order valence-electron chi connectivity index (χ0n) is 11.5. The number of H-pyrrole nitrogens is 1. The average molecular weight is 297 g/mol. The van der Waals surface area contributed by atoms with Crippen molar-refractivity contribution in [2.24, 2.45) is 0 Å². The third-order valence-electron chi connectivity index (χ3n) is 3.90. The molecule has 0 aliphatic heterocycles. The Kier molecular flexibility index (Phi) is 3.00. The van der Waals surface area contributed by atoms with E-state index >= 15 is 0 Å². The summed E-state index contributed by atoms with van der Waals surface area (Å²) >= 11 is 1.67. The first-order chi connectivity index (χ1) is 10.3. The highest BCUT2D eigenvalue weighted by Gasteiger charge is 2.33. The molecule has 3 aromatic rings. The molecule has 106 valence electrons. The number of carbonyl (C=O) groups excluding carboxylic acids is 1. The zero-order valence-corrected chi connectivity index (χ0v) is 12.3. The van der Waals surface area contributed by atoms with Crippen LogP contribution in [0.3, 0.4) is 0 Å². The molecular weight excluding hydrogens is 282 g/mol. The number of aromatic nitrogens is 2. The number of hydrogen-bond donors (Lipinski definition) is 1. The van der Waals surface area contributed by atoms with E-state index in [1.807, 2.05) is 23.1 Å². The highest BCUT2D eigenvalue weighted by Crippen LogP contribution is 2.31. The van der Waals surface area contributed by atoms with Gasteiger partial charge in [0.05, 0.1) is 17.3 Å². The maximum atomic E-state index is 13.0. The van der Waals surface area contributed by atoms with Crippen LogP contribution >= 0.6 is 11.3 Å². The van der Waals surface area contributed by atoms with E-state index in [1.165, 1.54) is 5.56 Å². The molecule has 0 atom stereocenters. The van der Waals surface area contributed by atoms with Gasteiger partial charge >= 0.3 is 0 Å². The van der Waals surface area contributed by atoms with Gasteiger partial charge in [-0.05, 0) is 47.4 Å². The molecule has 1 aliphatic carbocycles. The Hall–Kier alpha value is -2.14. The van der Waals surface area contributed by atoms with Gasteiger partial charge in [0.15, 0.2) is 0 Å². The lowest BCUT2D eigenvalue weighted by Crippen LogP contribution is -2.32. The fourth-order valence-corrected chi connectivity index (χ4v) is 3.30. The number of thiophene rings is 1. The maximum Gasteiger partial charge on any atom is 0.255 e. The number of aromatic amines is 1. The number of nitrogens with zero attached hydrogens (tertiary/aromatic N) is 2. The molecule has 2 heterocycles. The van der Waals surface area contributed by atoms with Crippen molar-refractivity contribution in [1.82, 2.24) is 15.1 Å². The molecule has 0 spiro atoms.